The third kappa shape index (κ3) is 2.08. The highest BCUT2D eigenvalue weighted by Gasteiger charge is 2.17. The zero-order chi connectivity index (χ0) is 8.27. The normalized spacial score (nSPS) is 22.2. The fraction of sp³-hybridized carbons (Fsp3) is 0.500. The highest BCUT2D eigenvalue weighted by Crippen LogP contribution is 2.19. The van der Waals surface area contributed by atoms with Gasteiger partial charge in [-0.1, -0.05) is 0 Å². The van der Waals surface area contributed by atoms with Crippen LogP contribution in [0, 0.1) is 11.3 Å². The van der Waals surface area contributed by atoms with Crippen molar-refractivity contribution in [1.29, 1.82) is 5.26 Å². The van der Waals surface area contributed by atoms with Gasteiger partial charge in [0, 0.05) is 12.5 Å². The maximum absolute atomic E-state index is 10.5. The van der Waals surface area contributed by atoms with Gasteiger partial charge in [-0.3, -0.25) is 4.79 Å². The van der Waals surface area contributed by atoms with Crippen molar-refractivity contribution in [2.75, 3.05) is 0 Å². The molecule has 0 aliphatic heterocycles. The number of allylic oxidation sites excluding steroid dienone is 1. The molecule has 0 radical (unpaired) electrons. The molecule has 1 rings (SSSR count). The number of nitrogens with zero attached hydrogens (tertiary/aromatic N) is 1. The Balaban J connectivity index is 2.48. The van der Waals surface area contributed by atoms with Crippen LogP contribution in [0.15, 0.2) is 11.6 Å². The number of hydrogen-bond acceptors (Lipinski definition) is 3. The van der Waals surface area contributed by atoms with Crippen molar-refractivity contribution in [2.24, 2.45) is 0 Å². The molecule has 3 heteroatoms. The Morgan fingerprint density at radius 2 is 2.64 bits per heavy atom. The number of rotatable bonds is 1. The number of ether oxygens (including phenoxy) is 1. The molecule has 0 N–H and O–H groups in total. The topological polar surface area (TPSA) is 50.1 Å². The van der Waals surface area contributed by atoms with Crippen molar-refractivity contribution >= 4 is 5.97 Å². The van der Waals surface area contributed by atoms with Crippen LogP contribution in [0.25, 0.3) is 0 Å². The summed E-state index contributed by atoms with van der Waals surface area (Å²) in [6, 6.07) is 2.04. The number of nitriles is 1. The van der Waals surface area contributed by atoms with E-state index in [1.54, 1.807) is 6.08 Å². The first-order chi connectivity index (χ1) is 5.22. The minimum Gasteiger partial charge on any atom is -0.458 e. The maximum Gasteiger partial charge on any atom is 0.303 e. The van der Waals surface area contributed by atoms with Gasteiger partial charge in [0.25, 0.3) is 0 Å². The van der Waals surface area contributed by atoms with Gasteiger partial charge in [0.2, 0.25) is 0 Å². The van der Waals surface area contributed by atoms with E-state index >= 15 is 0 Å². The van der Waals surface area contributed by atoms with E-state index in [0.29, 0.717) is 0 Å². The van der Waals surface area contributed by atoms with Crippen LogP contribution in [0.5, 0.6) is 0 Å². The van der Waals surface area contributed by atoms with Crippen LogP contribution in [0.2, 0.25) is 0 Å². The first kappa shape index (κ1) is 7.80. The first-order valence-electron chi connectivity index (χ1n) is 3.50. The smallest absolute Gasteiger partial charge is 0.303 e. The molecule has 1 atom stereocenters. The first-order valence-corrected chi connectivity index (χ1v) is 3.50. The third-order valence-electron chi connectivity index (χ3n) is 1.55. The lowest BCUT2D eigenvalue weighted by atomic mass is 10.3. The molecule has 0 aromatic heterocycles. The SMILES string of the molecule is CC(=O)O[C@H]1C=C(C#N)CC1. The van der Waals surface area contributed by atoms with Gasteiger partial charge in [0.15, 0.2) is 0 Å². The number of carbonyl (C=O) groups is 1. The molecule has 0 aromatic carbocycles. The second kappa shape index (κ2) is 3.20. The summed E-state index contributed by atoms with van der Waals surface area (Å²) >= 11 is 0. The van der Waals surface area contributed by atoms with Crippen LogP contribution < -0.4 is 0 Å². The van der Waals surface area contributed by atoms with Crippen LogP contribution in [0.1, 0.15) is 19.8 Å². The van der Waals surface area contributed by atoms with Crippen LogP contribution in [-0.4, -0.2) is 12.1 Å². The lowest BCUT2D eigenvalue weighted by Crippen LogP contribution is -2.09. The van der Waals surface area contributed by atoms with E-state index in [2.05, 4.69) is 0 Å². The minimum absolute atomic E-state index is 0.165. The molecular weight excluding hydrogens is 142 g/mol. The zero-order valence-corrected chi connectivity index (χ0v) is 6.33. The summed E-state index contributed by atoms with van der Waals surface area (Å²) in [7, 11) is 0. The highest BCUT2D eigenvalue weighted by atomic mass is 16.5. The Bertz CT molecular complexity index is 237. The molecule has 1 aliphatic rings. The molecule has 0 fully saturated rings. The van der Waals surface area contributed by atoms with Crippen LogP contribution in [-0.2, 0) is 9.53 Å². The molecule has 0 amide bonds. The molecule has 0 bridgehead atoms. The fourth-order valence-electron chi connectivity index (χ4n) is 1.09. The summed E-state index contributed by atoms with van der Waals surface area (Å²) in [6.07, 6.45) is 3.03. The van der Waals surface area contributed by atoms with E-state index in [1.165, 1.54) is 6.92 Å². The predicted molar refractivity (Wildman–Crippen MR) is 38.5 cm³/mol. The molecule has 0 spiro atoms. The molecule has 0 saturated carbocycles. The number of carbonyl (C=O) groups excluding carboxylic acids is 1. The van der Waals surface area contributed by atoms with E-state index < -0.39 is 0 Å². The third-order valence-corrected chi connectivity index (χ3v) is 1.55. The van der Waals surface area contributed by atoms with Crippen LogP contribution in [0.3, 0.4) is 0 Å². The highest BCUT2D eigenvalue weighted by molar-refractivity contribution is 5.66. The van der Waals surface area contributed by atoms with Gasteiger partial charge in [0.1, 0.15) is 6.10 Å². The number of hydrogen-bond donors (Lipinski definition) is 0. The summed E-state index contributed by atoms with van der Waals surface area (Å²) in [5.74, 6) is -0.287. The molecule has 3 nitrogen and oxygen atoms in total. The molecular formula is C8H9NO2. The van der Waals surface area contributed by atoms with Crippen molar-refractivity contribution in [3.63, 3.8) is 0 Å². The van der Waals surface area contributed by atoms with Gasteiger partial charge in [-0.25, -0.2) is 0 Å². The van der Waals surface area contributed by atoms with Gasteiger partial charge >= 0.3 is 5.97 Å². The lowest BCUT2D eigenvalue weighted by molar-refractivity contribution is -0.144. The second-order valence-corrected chi connectivity index (χ2v) is 2.49. The number of esters is 1. The van der Waals surface area contributed by atoms with E-state index in [0.717, 1.165) is 18.4 Å². The average Bonchev–Trinajstić information content (AvgIpc) is 2.34. The summed E-state index contributed by atoms with van der Waals surface area (Å²) in [6.45, 7) is 1.37. The van der Waals surface area contributed by atoms with E-state index in [-0.39, 0.29) is 12.1 Å². The average molecular weight is 151 g/mol. The fourth-order valence-corrected chi connectivity index (χ4v) is 1.09. The molecule has 0 saturated heterocycles. The molecule has 1 aliphatic carbocycles. The summed E-state index contributed by atoms with van der Waals surface area (Å²) in [5.41, 5.74) is 0.719. The Kier molecular flexibility index (Phi) is 2.27. The molecule has 0 aromatic rings. The Morgan fingerprint density at radius 1 is 1.91 bits per heavy atom. The Hall–Kier alpha value is -1.30. The van der Waals surface area contributed by atoms with Crippen molar-refractivity contribution in [3.8, 4) is 6.07 Å². The van der Waals surface area contributed by atoms with Gasteiger partial charge in [0.05, 0.1) is 6.07 Å². The van der Waals surface area contributed by atoms with E-state index in [9.17, 15) is 4.79 Å². The summed E-state index contributed by atoms with van der Waals surface area (Å²) in [4.78, 5) is 10.5. The summed E-state index contributed by atoms with van der Waals surface area (Å²) in [5, 5.41) is 8.46. The summed E-state index contributed by atoms with van der Waals surface area (Å²) < 4.78 is 4.88. The molecule has 0 heterocycles. The monoisotopic (exact) mass is 151 g/mol. The maximum atomic E-state index is 10.5. The van der Waals surface area contributed by atoms with E-state index in [1.807, 2.05) is 6.07 Å². The van der Waals surface area contributed by atoms with Crippen LogP contribution in [0.4, 0.5) is 0 Å². The standard InChI is InChI=1S/C8H9NO2/c1-6(10)11-8-3-2-7(4-8)5-9/h4,8H,2-3H2,1H3/t8-/m1/s1. The molecule has 0 unspecified atom stereocenters. The minimum atomic E-state index is -0.287. The molecule has 58 valence electrons. The second-order valence-electron chi connectivity index (χ2n) is 2.49. The van der Waals surface area contributed by atoms with Crippen LogP contribution >= 0.6 is 0 Å². The Morgan fingerprint density at radius 3 is 3.09 bits per heavy atom. The largest absolute Gasteiger partial charge is 0.458 e. The van der Waals surface area contributed by atoms with Crippen molar-refractivity contribution < 1.29 is 9.53 Å². The molecule has 11 heavy (non-hydrogen) atoms. The van der Waals surface area contributed by atoms with Gasteiger partial charge in [-0.2, -0.15) is 5.26 Å². The Labute approximate surface area is 65.3 Å². The van der Waals surface area contributed by atoms with Crippen molar-refractivity contribution in [1.82, 2.24) is 0 Å². The predicted octanol–water partition coefficient (Wildman–Crippen LogP) is 1.16. The van der Waals surface area contributed by atoms with E-state index in [4.69, 9.17) is 10.00 Å². The van der Waals surface area contributed by atoms with Crippen molar-refractivity contribution in [2.45, 2.75) is 25.9 Å². The van der Waals surface area contributed by atoms with Gasteiger partial charge in [-0.05, 0) is 18.9 Å². The van der Waals surface area contributed by atoms with Crippen molar-refractivity contribution in [3.05, 3.63) is 11.6 Å². The quantitative estimate of drug-likeness (QED) is 0.528. The van der Waals surface area contributed by atoms with Gasteiger partial charge < -0.3 is 4.74 Å². The lowest BCUT2D eigenvalue weighted by Gasteiger charge is -2.05. The zero-order valence-electron chi connectivity index (χ0n) is 6.33. The van der Waals surface area contributed by atoms with Gasteiger partial charge in [-0.15, -0.1) is 0 Å².